The van der Waals surface area contributed by atoms with Crippen molar-refractivity contribution < 1.29 is 47.3 Å². The second-order valence-electron chi connectivity index (χ2n) is 4.38. The molecule has 0 bridgehead atoms. The van der Waals surface area contributed by atoms with Crippen LogP contribution in [0.1, 0.15) is 11.1 Å². The molecule has 1 aromatic heterocycles. The van der Waals surface area contributed by atoms with Gasteiger partial charge in [-0.3, -0.25) is 0 Å². The average molecular weight is 368 g/mol. The van der Waals surface area contributed by atoms with E-state index in [0.29, 0.717) is 6.42 Å². The molecule has 0 unspecified atom stereocenters. The smallest absolute Gasteiger partial charge is 0.744 e. The minimum absolute atomic E-state index is 0. The molecule has 1 aromatic carbocycles. The fraction of sp³-hybridized carbons (Fsp3) is 0.250. The summed E-state index contributed by atoms with van der Waals surface area (Å²) in [7, 11) is -0.0597. The van der Waals surface area contributed by atoms with Gasteiger partial charge in [0.15, 0.2) is 0 Å². The van der Waals surface area contributed by atoms with E-state index in [0.717, 1.165) is 31.8 Å². The molecule has 0 fully saturated rings. The van der Waals surface area contributed by atoms with Crippen molar-refractivity contribution in [2.75, 3.05) is 7.11 Å². The molecule has 0 atom stereocenters. The normalized spacial score (nSPS) is 13.0. The molecule has 0 radical (unpaired) electrons. The number of fused-ring (bicyclic) bond motifs is 3. The number of aryl methyl sites for hydroxylation is 1. The van der Waals surface area contributed by atoms with Gasteiger partial charge in [0.1, 0.15) is 19.7 Å². The number of ether oxygens (including phenoxy) is 1. The van der Waals surface area contributed by atoms with Crippen LogP contribution in [-0.4, -0.2) is 20.1 Å². The van der Waals surface area contributed by atoms with E-state index in [1.54, 1.807) is 26.7 Å². The molecule has 0 saturated carbocycles. The second kappa shape index (κ2) is 6.37. The largest absolute Gasteiger partial charge is 1.00 e. The third-order valence-corrected chi connectivity index (χ3v) is 7.30. The fourth-order valence-electron chi connectivity index (χ4n) is 2.33. The number of hydrogen-bond acceptors (Lipinski definition) is 7. The Morgan fingerprint density at radius 2 is 2.00 bits per heavy atom. The summed E-state index contributed by atoms with van der Waals surface area (Å²) in [4.78, 5) is 0.774. The summed E-state index contributed by atoms with van der Waals surface area (Å²) < 4.78 is 39.8. The van der Waals surface area contributed by atoms with E-state index in [1.165, 1.54) is 13.2 Å². The maximum absolute atomic E-state index is 11.3. The Labute approximate surface area is 157 Å². The quantitative estimate of drug-likeness (QED) is 0.328. The minimum atomic E-state index is -4.54. The summed E-state index contributed by atoms with van der Waals surface area (Å²) in [6.45, 7) is 0. The van der Waals surface area contributed by atoms with Crippen LogP contribution in [0.2, 0.25) is 0 Å². The third-order valence-electron chi connectivity index (χ3n) is 3.27. The van der Waals surface area contributed by atoms with Crippen molar-refractivity contribution in [1.29, 1.82) is 0 Å². The maximum Gasteiger partial charge on any atom is 1.00 e. The topological polar surface area (TPSA) is 66.4 Å². The monoisotopic (exact) mass is 368 g/mol. The zero-order valence-corrected chi connectivity index (χ0v) is 16.6. The molecule has 1 heterocycles. The second-order valence-corrected chi connectivity index (χ2v) is 8.54. The van der Waals surface area contributed by atoms with Crippen LogP contribution in [0.25, 0.3) is 10.4 Å². The Kier molecular flexibility index (Phi) is 5.32. The number of hydrogen-bond donors (Lipinski definition) is 0. The van der Waals surface area contributed by atoms with Crippen LogP contribution in [-0.2, 0) is 23.0 Å². The number of benzene rings is 1. The van der Waals surface area contributed by atoms with Gasteiger partial charge in [0.05, 0.1) is 16.9 Å². The first-order valence-electron chi connectivity index (χ1n) is 5.71. The standard InChI is InChI=1S/C12H10O4S4.Na/c1-16-9-5-8-6(4-10(9)20(13,14)15)2-3-7-11(8)18-19-12(7)17;/h4-5H,2-3H2,1H3,(H,13,14,15);/q;+1/p-1. The van der Waals surface area contributed by atoms with Gasteiger partial charge in [0.2, 0.25) is 0 Å². The molecule has 21 heavy (non-hydrogen) atoms. The van der Waals surface area contributed by atoms with E-state index in [9.17, 15) is 13.0 Å². The van der Waals surface area contributed by atoms with E-state index in [-0.39, 0.29) is 40.2 Å². The number of methoxy groups -OCH3 is 1. The summed E-state index contributed by atoms with van der Waals surface area (Å²) in [5.74, 6) is 0.0934. The van der Waals surface area contributed by atoms with Gasteiger partial charge in [0, 0.05) is 5.56 Å². The Morgan fingerprint density at radius 3 is 2.62 bits per heavy atom. The van der Waals surface area contributed by atoms with Gasteiger partial charge in [0.25, 0.3) is 0 Å². The van der Waals surface area contributed by atoms with Crippen LogP contribution < -0.4 is 34.3 Å². The molecular formula is C12H9NaO4S4. The predicted molar refractivity (Wildman–Crippen MR) is 80.4 cm³/mol. The van der Waals surface area contributed by atoms with Crippen molar-refractivity contribution in [1.82, 2.24) is 0 Å². The first kappa shape index (κ1) is 17.6. The first-order chi connectivity index (χ1) is 9.41. The summed E-state index contributed by atoms with van der Waals surface area (Å²) in [5.41, 5.74) is 2.92. The molecule has 1 aliphatic rings. The van der Waals surface area contributed by atoms with Crippen molar-refractivity contribution in [3.63, 3.8) is 0 Å². The number of rotatable bonds is 2. The van der Waals surface area contributed by atoms with Crippen LogP contribution in [0.3, 0.4) is 0 Å². The zero-order valence-electron chi connectivity index (χ0n) is 11.3. The molecule has 1 aliphatic carbocycles. The molecule has 106 valence electrons. The van der Waals surface area contributed by atoms with Gasteiger partial charge in [-0.05, 0) is 36.1 Å². The molecule has 0 aliphatic heterocycles. The summed E-state index contributed by atoms with van der Waals surface area (Å²) in [6.07, 6.45) is 1.47. The summed E-state index contributed by atoms with van der Waals surface area (Å²) >= 11 is 5.30. The summed E-state index contributed by atoms with van der Waals surface area (Å²) in [5, 5.41) is 0. The first-order valence-corrected chi connectivity index (χ1v) is 9.67. The van der Waals surface area contributed by atoms with Crippen LogP contribution in [0.5, 0.6) is 5.75 Å². The third kappa shape index (κ3) is 3.13. The van der Waals surface area contributed by atoms with Gasteiger partial charge >= 0.3 is 29.6 Å². The molecule has 2 aromatic rings. The minimum Gasteiger partial charge on any atom is -0.744 e. The van der Waals surface area contributed by atoms with Gasteiger partial charge in [-0.2, -0.15) is 0 Å². The van der Waals surface area contributed by atoms with Gasteiger partial charge in [-0.1, -0.05) is 32.9 Å². The van der Waals surface area contributed by atoms with Gasteiger partial charge in [-0.15, -0.1) is 0 Å². The predicted octanol–water partition coefficient (Wildman–Crippen LogP) is 0.221. The van der Waals surface area contributed by atoms with Crippen LogP contribution in [0.4, 0.5) is 0 Å². The molecule has 0 amide bonds. The van der Waals surface area contributed by atoms with Crippen molar-refractivity contribution in [3.8, 4) is 16.2 Å². The van der Waals surface area contributed by atoms with Crippen molar-refractivity contribution >= 4 is 43.0 Å². The van der Waals surface area contributed by atoms with E-state index >= 15 is 0 Å². The van der Waals surface area contributed by atoms with Crippen LogP contribution in [0, 0.1) is 3.82 Å². The van der Waals surface area contributed by atoms with Crippen molar-refractivity contribution in [2.45, 2.75) is 17.7 Å². The fourth-order valence-corrected chi connectivity index (χ4v) is 6.04. The molecule has 3 rings (SSSR count). The Bertz CT molecular complexity index is 851. The van der Waals surface area contributed by atoms with Crippen LogP contribution in [0.15, 0.2) is 17.0 Å². The molecule has 0 saturated heterocycles. The summed E-state index contributed by atoms with van der Waals surface area (Å²) in [6, 6.07) is 3.07. The van der Waals surface area contributed by atoms with E-state index < -0.39 is 10.1 Å². The van der Waals surface area contributed by atoms with Crippen LogP contribution >= 0.6 is 32.9 Å². The van der Waals surface area contributed by atoms with Gasteiger partial charge < -0.3 is 9.29 Å². The Hall–Kier alpha value is 0.200. The SMILES string of the molecule is COc1cc2c(cc1S(=O)(=O)[O-])CCc1c-2ssc1=S.[Na+]. The Balaban J connectivity index is 0.00000161. The zero-order chi connectivity index (χ0) is 14.5. The van der Waals surface area contributed by atoms with Crippen molar-refractivity contribution in [2.24, 2.45) is 0 Å². The van der Waals surface area contributed by atoms with Crippen molar-refractivity contribution in [3.05, 3.63) is 27.1 Å². The molecule has 0 spiro atoms. The molecule has 4 nitrogen and oxygen atoms in total. The van der Waals surface area contributed by atoms with E-state index in [1.807, 2.05) is 0 Å². The maximum atomic E-state index is 11.3. The van der Waals surface area contributed by atoms with E-state index in [2.05, 4.69) is 0 Å². The van der Waals surface area contributed by atoms with E-state index in [4.69, 9.17) is 17.0 Å². The average Bonchev–Trinajstić information content (AvgIpc) is 2.78. The molecular weight excluding hydrogens is 359 g/mol. The molecule has 9 heteroatoms. The Morgan fingerprint density at radius 1 is 1.29 bits per heavy atom. The van der Waals surface area contributed by atoms with Gasteiger partial charge in [-0.25, -0.2) is 8.42 Å². The molecule has 0 N–H and O–H groups in total.